The van der Waals surface area contributed by atoms with Gasteiger partial charge in [0.2, 0.25) is 0 Å². The predicted molar refractivity (Wildman–Crippen MR) is 101 cm³/mol. The number of nitrogens with two attached hydrogens (primary N) is 1. The Balaban J connectivity index is 3.07. The molecule has 142 valence electrons. The average Bonchev–Trinajstić information content (AvgIpc) is 2.41. The standard InChI is InChI=1S/C17H26BrNO5S/c1-11-10-12(18)6-7-13(11)14(8-9-23-25(5,21)22)15(19)16(20)24-17(2,3)4/h6-7,10,14-15H,8-9,19H2,1-5H3. The number of ether oxygens (including phenoxy) is 1. The van der Waals surface area contributed by atoms with Crippen LogP contribution in [-0.2, 0) is 23.8 Å². The second kappa shape index (κ2) is 8.62. The van der Waals surface area contributed by atoms with Gasteiger partial charge >= 0.3 is 5.97 Å². The Morgan fingerprint density at radius 1 is 1.32 bits per heavy atom. The minimum Gasteiger partial charge on any atom is -0.459 e. The molecule has 2 unspecified atom stereocenters. The van der Waals surface area contributed by atoms with Crippen LogP contribution in [0.3, 0.4) is 0 Å². The molecular weight excluding hydrogens is 410 g/mol. The summed E-state index contributed by atoms with van der Waals surface area (Å²) in [6.07, 6.45) is 1.26. The van der Waals surface area contributed by atoms with Crippen molar-refractivity contribution in [3.63, 3.8) is 0 Å². The van der Waals surface area contributed by atoms with Crippen LogP contribution in [0.2, 0.25) is 0 Å². The molecule has 1 aromatic rings. The van der Waals surface area contributed by atoms with Gasteiger partial charge in [-0.1, -0.05) is 22.0 Å². The summed E-state index contributed by atoms with van der Waals surface area (Å²) in [6.45, 7) is 7.15. The molecule has 0 spiro atoms. The number of benzene rings is 1. The molecule has 0 heterocycles. The van der Waals surface area contributed by atoms with Crippen LogP contribution in [0, 0.1) is 6.92 Å². The van der Waals surface area contributed by atoms with Crippen molar-refractivity contribution in [2.24, 2.45) is 5.73 Å². The van der Waals surface area contributed by atoms with Gasteiger partial charge in [0.25, 0.3) is 10.1 Å². The van der Waals surface area contributed by atoms with E-state index >= 15 is 0 Å². The Labute approximate surface area is 158 Å². The predicted octanol–water partition coefficient (Wildman–Crippen LogP) is 2.88. The van der Waals surface area contributed by atoms with Crippen LogP contribution < -0.4 is 5.73 Å². The lowest BCUT2D eigenvalue weighted by Gasteiger charge is -2.28. The van der Waals surface area contributed by atoms with Gasteiger partial charge in [-0.2, -0.15) is 8.42 Å². The minimum absolute atomic E-state index is 0.0600. The number of rotatable bonds is 7. The Bertz CT molecular complexity index is 712. The first-order valence-electron chi connectivity index (χ1n) is 7.89. The first kappa shape index (κ1) is 22.1. The van der Waals surface area contributed by atoms with E-state index in [1.54, 1.807) is 20.8 Å². The van der Waals surface area contributed by atoms with E-state index in [0.717, 1.165) is 21.9 Å². The van der Waals surface area contributed by atoms with Gasteiger partial charge < -0.3 is 10.5 Å². The van der Waals surface area contributed by atoms with E-state index < -0.39 is 33.6 Å². The summed E-state index contributed by atoms with van der Waals surface area (Å²) >= 11 is 3.40. The monoisotopic (exact) mass is 435 g/mol. The molecule has 0 aliphatic heterocycles. The van der Waals surface area contributed by atoms with Crippen LogP contribution in [0.5, 0.6) is 0 Å². The van der Waals surface area contributed by atoms with Crippen molar-refractivity contribution < 1.29 is 22.1 Å². The molecule has 8 heteroatoms. The highest BCUT2D eigenvalue weighted by Gasteiger charge is 2.31. The van der Waals surface area contributed by atoms with Crippen molar-refractivity contribution in [3.05, 3.63) is 33.8 Å². The second-order valence-electron chi connectivity index (χ2n) is 6.98. The summed E-state index contributed by atoms with van der Waals surface area (Å²) in [5.41, 5.74) is 7.31. The van der Waals surface area contributed by atoms with Crippen LogP contribution in [0.1, 0.15) is 44.2 Å². The normalized spacial score (nSPS) is 14.8. The molecule has 1 aromatic carbocycles. The third-order valence-electron chi connectivity index (χ3n) is 3.47. The van der Waals surface area contributed by atoms with Gasteiger partial charge in [-0.3, -0.25) is 8.98 Å². The molecule has 2 atom stereocenters. The number of esters is 1. The maximum atomic E-state index is 12.4. The summed E-state index contributed by atoms with van der Waals surface area (Å²) < 4.78 is 33.5. The van der Waals surface area contributed by atoms with Crippen molar-refractivity contribution in [1.29, 1.82) is 0 Å². The molecule has 0 aliphatic carbocycles. The lowest BCUT2D eigenvalue weighted by Crippen LogP contribution is -2.42. The van der Waals surface area contributed by atoms with Gasteiger partial charge in [-0.05, 0) is 57.4 Å². The fourth-order valence-corrected chi connectivity index (χ4v) is 3.32. The van der Waals surface area contributed by atoms with Gasteiger partial charge in [0, 0.05) is 10.4 Å². The second-order valence-corrected chi connectivity index (χ2v) is 9.54. The van der Waals surface area contributed by atoms with Crippen LogP contribution in [0.4, 0.5) is 0 Å². The number of halogens is 1. The summed E-state index contributed by atoms with van der Waals surface area (Å²) in [4.78, 5) is 12.4. The van der Waals surface area contributed by atoms with Crippen LogP contribution in [-0.4, -0.2) is 38.9 Å². The quantitative estimate of drug-likeness (QED) is 0.522. The van der Waals surface area contributed by atoms with E-state index in [4.69, 9.17) is 14.7 Å². The Morgan fingerprint density at radius 3 is 2.40 bits per heavy atom. The number of hydrogen-bond donors (Lipinski definition) is 1. The molecule has 0 aliphatic rings. The number of hydrogen-bond acceptors (Lipinski definition) is 6. The molecule has 2 N–H and O–H groups in total. The smallest absolute Gasteiger partial charge is 0.324 e. The van der Waals surface area contributed by atoms with E-state index in [0.29, 0.717) is 0 Å². The van der Waals surface area contributed by atoms with E-state index in [2.05, 4.69) is 15.9 Å². The van der Waals surface area contributed by atoms with E-state index in [1.807, 2.05) is 25.1 Å². The minimum atomic E-state index is -3.56. The van der Waals surface area contributed by atoms with Crippen molar-refractivity contribution in [1.82, 2.24) is 0 Å². The zero-order valence-electron chi connectivity index (χ0n) is 15.2. The third kappa shape index (κ3) is 7.85. The van der Waals surface area contributed by atoms with E-state index in [9.17, 15) is 13.2 Å². The largest absolute Gasteiger partial charge is 0.459 e. The zero-order valence-corrected chi connectivity index (χ0v) is 17.6. The molecule has 6 nitrogen and oxygen atoms in total. The maximum Gasteiger partial charge on any atom is 0.324 e. The highest BCUT2D eigenvalue weighted by Crippen LogP contribution is 2.29. The lowest BCUT2D eigenvalue weighted by atomic mass is 9.86. The summed E-state index contributed by atoms with van der Waals surface area (Å²) in [5.74, 6) is -0.955. The van der Waals surface area contributed by atoms with Crippen molar-refractivity contribution in [2.75, 3.05) is 12.9 Å². The molecule has 0 aromatic heterocycles. The van der Waals surface area contributed by atoms with Crippen molar-refractivity contribution >= 4 is 32.0 Å². The van der Waals surface area contributed by atoms with Gasteiger partial charge in [-0.25, -0.2) is 0 Å². The number of carbonyl (C=O) groups is 1. The van der Waals surface area contributed by atoms with E-state index in [-0.39, 0.29) is 13.0 Å². The molecule has 0 fully saturated rings. The fraction of sp³-hybridized carbons (Fsp3) is 0.588. The average molecular weight is 436 g/mol. The van der Waals surface area contributed by atoms with Crippen molar-refractivity contribution in [3.8, 4) is 0 Å². The molecule has 0 amide bonds. The fourth-order valence-electron chi connectivity index (χ4n) is 2.44. The van der Waals surface area contributed by atoms with Gasteiger partial charge in [0.1, 0.15) is 11.6 Å². The van der Waals surface area contributed by atoms with Crippen LogP contribution >= 0.6 is 15.9 Å². The molecule has 0 saturated carbocycles. The molecular formula is C17H26BrNO5S. The lowest BCUT2D eigenvalue weighted by molar-refractivity contribution is -0.157. The third-order valence-corrected chi connectivity index (χ3v) is 4.56. The number of aryl methyl sites for hydroxylation is 1. The molecule has 1 rings (SSSR count). The Morgan fingerprint density at radius 2 is 1.92 bits per heavy atom. The summed E-state index contributed by atoms with van der Waals surface area (Å²) in [6, 6.07) is 4.72. The van der Waals surface area contributed by atoms with Gasteiger partial charge in [0.15, 0.2) is 0 Å². The SMILES string of the molecule is Cc1cc(Br)ccc1C(CCOS(C)(=O)=O)C(N)C(=O)OC(C)(C)C. The maximum absolute atomic E-state index is 12.4. The first-order valence-corrected chi connectivity index (χ1v) is 10.5. The molecule has 25 heavy (non-hydrogen) atoms. The first-order chi connectivity index (χ1) is 11.3. The molecule has 0 radical (unpaired) electrons. The van der Waals surface area contributed by atoms with E-state index in [1.165, 1.54) is 0 Å². The zero-order chi connectivity index (χ0) is 19.4. The summed E-state index contributed by atoms with van der Waals surface area (Å²) in [5, 5.41) is 0. The Kier molecular flexibility index (Phi) is 7.61. The van der Waals surface area contributed by atoms with Crippen molar-refractivity contribution in [2.45, 2.75) is 51.7 Å². The van der Waals surface area contributed by atoms with Gasteiger partial charge in [0.05, 0.1) is 12.9 Å². The van der Waals surface area contributed by atoms with Gasteiger partial charge in [-0.15, -0.1) is 0 Å². The number of carbonyl (C=O) groups excluding carboxylic acids is 1. The Hall–Kier alpha value is -0.960. The highest BCUT2D eigenvalue weighted by atomic mass is 79.9. The molecule has 0 saturated heterocycles. The summed E-state index contributed by atoms with van der Waals surface area (Å²) in [7, 11) is -3.56. The van der Waals surface area contributed by atoms with Crippen LogP contribution in [0.15, 0.2) is 22.7 Å². The molecule has 0 bridgehead atoms. The van der Waals surface area contributed by atoms with Crippen LogP contribution in [0.25, 0.3) is 0 Å². The highest BCUT2D eigenvalue weighted by molar-refractivity contribution is 9.10. The topological polar surface area (TPSA) is 95.7 Å².